The summed E-state index contributed by atoms with van der Waals surface area (Å²) in [5.41, 5.74) is 1.10. The van der Waals surface area contributed by atoms with Gasteiger partial charge in [-0.05, 0) is 51.4 Å². The Morgan fingerprint density at radius 3 is 2.75 bits per heavy atom. The van der Waals surface area contributed by atoms with Gasteiger partial charge in [-0.25, -0.2) is 4.98 Å². The van der Waals surface area contributed by atoms with Gasteiger partial charge in [0.1, 0.15) is 10.6 Å². The zero-order valence-electron chi connectivity index (χ0n) is 12.7. The Balaban J connectivity index is 1.69. The summed E-state index contributed by atoms with van der Waals surface area (Å²) in [7, 11) is 0. The van der Waals surface area contributed by atoms with Crippen LogP contribution in [-0.2, 0) is 16.9 Å². The summed E-state index contributed by atoms with van der Waals surface area (Å²) in [5, 5.41) is 6.96. The first-order chi connectivity index (χ1) is 9.72. The largest absolute Gasteiger partial charge is 0.368 e. The summed E-state index contributed by atoms with van der Waals surface area (Å²) in [4.78, 5) is 4.88. The number of nitrogens with one attached hydrogen (secondary N) is 1. The molecule has 4 heteroatoms. The average Bonchev–Trinajstić information content (AvgIpc) is 3.16. The van der Waals surface area contributed by atoms with Crippen LogP contribution in [0.25, 0.3) is 0 Å². The van der Waals surface area contributed by atoms with Gasteiger partial charge in [0, 0.05) is 24.6 Å². The summed E-state index contributed by atoms with van der Waals surface area (Å²) in [5.74, 6) is 0.833. The molecule has 0 aromatic carbocycles. The predicted molar refractivity (Wildman–Crippen MR) is 82.9 cm³/mol. The summed E-state index contributed by atoms with van der Waals surface area (Å²) in [6.45, 7) is 6.15. The van der Waals surface area contributed by atoms with Crippen LogP contribution in [0.3, 0.4) is 0 Å². The SMILES string of the molecule is CCOC1(c2nc(CNC3CC3)cs2)CCC(C)CC1. The molecule has 1 aromatic heterocycles. The Morgan fingerprint density at radius 1 is 1.35 bits per heavy atom. The molecule has 1 aromatic rings. The molecular weight excluding hydrogens is 268 g/mol. The first kappa shape index (κ1) is 14.5. The molecule has 3 rings (SSSR count). The van der Waals surface area contributed by atoms with Crippen LogP contribution in [0.15, 0.2) is 5.38 Å². The highest BCUT2D eigenvalue weighted by atomic mass is 32.1. The highest BCUT2D eigenvalue weighted by molar-refractivity contribution is 7.09. The second-order valence-electron chi connectivity index (χ2n) is 6.41. The standard InChI is InChI=1S/C16H26N2OS/c1-3-19-16(8-6-12(2)7-9-16)15-18-14(11-20-15)10-17-13-4-5-13/h11-13,17H,3-10H2,1-2H3. The van der Waals surface area contributed by atoms with E-state index in [0.717, 1.165) is 38.0 Å². The third-order valence-corrected chi connectivity index (χ3v) is 5.67. The second-order valence-corrected chi connectivity index (χ2v) is 7.27. The molecule has 2 saturated carbocycles. The fourth-order valence-corrected chi connectivity index (χ4v) is 4.09. The molecule has 1 heterocycles. The van der Waals surface area contributed by atoms with E-state index in [1.165, 1.54) is 36.4 Å². The van der Waals surface area contributed by atoms with Crippen LogP contribution in [0.2, 0.25) is 0 Å². The van der Waals surface area contributed by atoms with E-state index in [0.29, 0.717) is 0 Å². The lowest BCUT2D eigenvalue weighted by molar-refractivity contribution is -0.0777. The van der Waals surface area contributed by atoms with Crippen molar-refractivity contribution in [3.8, 4) is 0 Å². The van der Waals surface area contributed by atoms with Gasteiger partial charge < -0.3 is 10.1 Å². The summed E-state index contributed by atoms with van der Waals surface area (Å²) in [6, 6.07) is 0.747. The van der Waals surface area contributed by atoms with Crippen molar-refractivity contribution < 1.29 is 4.74 Å². The molecule has 20 heavy (non-hydrogen) atoms. The predicted octanol–water partition coefficient (Wildman–Crippen LogP) is 3.84. The molecule has 0 radical (unpaired) electrons. The Labute approximate surface area is 126 Å². The summed E-state index contributed by atoms with van der Waals surface area (Å²) in [6.07, 6.45) is 7.44. The lowest BCUT2D eigenvalue weighted by atomic mass is 9.79. The van der Waals surface area contributed by atoms with Crippen molar-refractivity contribution in [1.29, 1.82) is 0 Å². The van der Waals surface area contributed by atoms with E-state index in [9.17, 15) is 0 Å². The van der Waals surface area contributed by atoms with Crippen molar-refractivity contribution in [2.45, 2.75) is 70.6 Å². The molecule has 0 amide bonds. The highest BCUT2D eigenvalue weighted by Crippen LogP contribution is 2.43. The number of hydrogen-bond acceptors (Lipinski definition) is 4. The normalized spacial score (nSPS) is 30.6. The van der Waals surface area contributed by atoms with E-state index in [-0.39, 0.29) is 5.60 Å². The van der Waals surface area contributed by atoms with E-state index in [1.54, 1.807) is 11.3 Å². The Hall–Kier alpha value is -0.450. The average molecular weight is 294 g/mol. The van der Waals surface area contributed by atoms with Gasteiger partial charge in [-0.15, -0.1) is 11.3 Å². The molecule has 0 spiro atoms. The molecule has 2 aliphatic rings. The van der Waals surface area contributed by atoms with Crippen LogP contribution in [0.4, 0.5) is 0 Å². The number of rotatable bonds is 6. The lowest BCUT2D eigenvalue weighted by Crippen LogP contribution is -2.34. The molecule has 0 bridgehead atoms. The van der Waals surface area contributed by atoms with Crippen LogP contribution in [0, 0.1) is 5.92 Å². The third kappa shape index (κ3) is 3.23. The number of ether oxygens (including phenoxy) is 1. The first-order valence-corrected chi connectivity index (χ1v) is 8.92. The van der Waals surface area contributed by atoms with E-state index in [2.05, 4.69) is 24.5 Å². The second kappa shape index (κ2) is 6.12. The molecule has 2 fully saturated rings. The fourth-order valence-electron chi connectivity index (χ4n) is 3.06. The van der Waals surface area contributed by atoms with Crippen molar-refractivity contribution in [3.05, 3.63) is 16.1 Å². The summed E-state index contributed by atoms with van der Waals surface area (Å²) < 4.78 is 6.18. The summed E-state index contributed by atoms with van der Waals surface area (Å²) >= 11 is 1.79. The van der Waals surface area contributed by atoms with Crippen molar-refractivity contribution >= 4 is 11.3 Å². The van der Waals surface area contributed by atoms with E-state index in [1.807, 2.05) is 0 Å². The molecule has 3 nitrogen and oxygen atoms in total. The van der Waals surface area contributed by atoms with Gasteiger partial charge in [-0.3, -0.25) is 0 Å². The number of nitrogens with zero attached hydrogens (tertiary/aromatic N) is 1. The quantitative estimate of drug-likeness (QED) is 0.865. The van der Waals surface area contributed by atoms with Gasteiger partial charge in [-0.2, -0.15) is 0 Å². The smallest absolute Gasteiger partial charge is 0.125 e. The molecule has 0 unspecified atom stereocenters. The Morgan fingerprint density at radius 2 is 2.10 bits per heavy atom. The minimum Gasteiger partial charge on any atom is -0.368 e. The molecule has 1 N–H and O–H groups in total. The van der Waals surface area contributed by atoms with Gasteiger partial charge in [0.05, 0.1) is 5.69 Å². The minimum absolute atomic E-state index is 0.0935. The van der Waals surface area contributed by atoms with Crippen LogP contribution in [0.1, 0.15) is 63.1 Å². The number of thiazole rings is 1. The lowest BCUT2D eigenvalue weighted by Gasteiger charge is -2.37. The zero-order chi connectivity index (χ0) is 14.0. The van der Waals surface area contributed by atoms with E-state index >= 15 is 0 Å². The van der Waals surface area contributed by atoms with Gasteiger partial charge >= 0.3 is 0 Å². The zero-order valence-corrected chi connectivity index (χ0v) is 13.5. The fraction of sp³-hybridized carbons (Fsp3) is 0.812. The maximum absolute atomic E-state index is 6.18. The first-order valence-electron chi connectivity index (χ1n) is 8.04. The van der Waals surface area contributed by atoms with Gasteiger partial charge in [0.15, 0.2) is 0 Å². The van der Waals surface area contributed by atoms with E-state index < -0.39 is 0 Å². The topological polar surface area (TPSA) is 34.1 Å². The monoisotopic (exact) mass is 294 g/mol. The highest BCUT2D eigenvalue weighted by Gasteiger charge is 2.39. The van der Waals surface area contributed by atoms with Crippen LogP contribution in [0.5, 0.6) is 0 Å². The van der Waals surface area contributed by atoms with Gasteiger partial charge in [0.2, 0.25) is 0 Å². The van der Waals surface area contributed by atoms with Crippen LogP contribution >= 0.6 is 11.3 Å². The van der Waals surface area contributed by atoms with Gasteiger partial charge in [-0.1, -0.05) is 6.92 Å². The molecule has 112 valence electrons. The number of hydrogen-bond donors (Lipinski definition) is 1. The third-order valence-electron chi connectivity index (χ3n) is 4.59. The molecule has 0 aliphatic heterocycles. The maximum Gasteiger partial charge on any atom is 0.125 e. The molecular formula is C16H26N2OS. The van der Waals surface area contributed by atoms with Crippen LogP contribution < -0.4 is 5.32 Å². The van der Waals surface area contributed by atoms with E-state index in [4.69, 9.17) is 9.72 Å². The maximum atomic E-state index is 6.18. The minimum atomic E-state index is -0.0935. The van der Waals surface area contributed by atoms with Crippen LogP contribution in [-0.4, -0.2) is 17.6 Å². The molecule has 0 atom stereocenters. The van der Waals surface area contributed by atoms with Crippen molar-refractivity contribution in [2.75, 3.05) is 6.61 Å². The molecule has 0 saturated heterocycles. The van der Waals surface area contributed by atoms with Crippen molar-refractivity contribution in [1.82, 2.24) is 10.3 Å². The Kier molecular flexibility index (Phi) is 4.43. The van der Waals surface area contributed by atoms with Gasteiger partial charge in [0.25, 0.3) is 0 Å². The van der Waals surface area contributed by atoms with Crippen molar-refractivity contribution in [2.24, 2.45) is 5.92 Å². The molecule has 2 aliphatic carbocycles. The van der Waals surface area contributed by atoms with Crippen molar-refractivity contribution in [3.63, 3.8) is 0 Å². The Bertz CT molecular complexity index is 433. The number of aromatic nitrogens is 1.